The summed E-state index contributed by atoms with van der Waals surface area (Å²) >= 11 is 0. The molecule has 0 aromatic heterocycles. The fourth-order valence-corrected chi connectivity index (χ4v) is 6.74. The maximum Gasteiger partial charge on any atom is 0.573 e. The molecule has 0 radical (unpaired) electrons. The summed E-state index contributed by atoms with van der Waals surface area (Å²) in [6.45, 7) is 4.29. The molecule has 0 bridgehead atoms. The average Bonchev–Trinajstić information content (AvgIpc) is 2.96. The molecule has 0 aliphatic carbocycles. The van der Waals surface area contributed by atoms with Gasteiger partial charge >= 0.3 is 6.36 Å². The predicted octanol–water partition coefficient (Wildman–Crippen LogP) is 6.55. The average molecular weight is 688 g/mol. The van der Waals surface area contributed by atoms with Gasteiger partial charge in [-0.15, -0.1) is 36.4 Å². The maximum absolute atomic E-state index is 13.7. The minimum atomic E-state index is -4.80. The minimum absolute atomic E-state index is 0. The van der Waals surface area contributed by atoms with E-state index in [2.05, 4.69) is 15.4 Å². The third-order valence-corrected chi connectivity index (χ3v) is 9.03. The van der Waals surface area contributed by atoms with Gasteiger partial charge in [-0.05, 0) is 68.5 Å². The lowest BCUT2D eigenvalue weighted by atomic mass is 10.00. The van der Waals surface area contributed by atoms with Crippen LogP contribution in [0, 0.1) is 0 Å². The normalized spacial score (nSPS) is 16.6. The Labute approximate surface area is 275 Å². The highest BCUT2D eigenvalue weighted by molar-refractivity contribution is 8.25. The number of hydrogen-bond acceptors (Lipinski definition) is 8. The van der Waals surface area contributed by atoms with Gasteiger partial charge in [-0.2, -0.15) is 0 Å². The molecule has 1 amide bonds. The second-order valence-corrected chi connectivity index (χ2v) is 13.3. The lowest BCUT2D eigenvalue weighted by Crippen LogP contribution is -2.48. The number of alkyl halides is 3. The number of rotatable bonds is 13. The largest absolute Gasteiger partial charge is 0.573 e. The number of halogens is 4. The summed E-state index contributed by atoms with van der Waals surface area (Å²) in [5.41, 5.74) is 2.07. The summed E-state index contributed by atoms with van der Waals surface area (Å²) in [5, 5.41) is 17.2. The molecule has 1 heterocycles. The zero-order chi connectivity index (χ0) is 32.6. The molecule has 3 aromatic rings. The highest BCUT2D eigenvalue weighted by Gasteiger charge is 2.31. The Balaban J connectivity index is 0.00000576. The number of nitrogens with one attached hydrogen (secondary N) is 2. The lowest BCUT2D eigenvalue weighted by Gasteiger charge is -2.47. The number of ether oxygens (including phenoxy) is 2. The van der Waals surface area contributed by atoms with E-state index in [0.717, 1.165) is 12.0 Å². The molecule has 2 atom stereocenters. The van der Waals surface area contributed by atoms with Crippen molar-refractivity contribution in [2.24, 2.45) is 0 Å². The van der Waals surface area contributed by atoms with Crippen molar-refractivity contribution in [3.05, 3.63) is 89.5 Å². The third kappa shape index (κ3) is 11.2. The Morgan fingerprint density at radius 2 is 1.70 bits per heavy atom. The number of nitrogens with zero attached hydrogens (tertiary/aromatic N) is 1. The number of amides is 1. The van der Waals surface area contributed by atoms with Gasteiger partial charge in [0.2, 0.25) is 0 Å². The van der Waals surface area contributed by atoms with Crippen molar-refractivity contribution in [3.63, 3.8) is 0 Å². The first kappa shape index (κ1) is 37.3. The van der Waals surface area contributed by atoms with Crippen LogP contribution in [0.2, 0.25) is 0 Å². The minimum Gasteiger partial charge on any atom is -0.491 e. The topological polar surface area (TPSA) is 124 Å². The van der Waals surface area contributed by atoms with E-state index in [1.54, 1.807) is 24.3 Å². The van der Waals surface area contributed by atoms with Gasteiger partial charge in [0, 0.05) is 31.3 Å². The SMILES string of the molecule is CC(C)Oc1cc(C(=O)N[C@@H](Cc2ccccc2)[C@H](O)CNCc2cccc(OC(F)(F)F)c2)cc(N2CCCCS2(O)O)c1.Cl. The molecule has 1 aliphatic rings. The van der Waals surface area contributed by atoms with Crippen molar-refractivity contribution in [3.8, 4) is 11.5 Å². The van der Waals surface area contributed by atoms with E-state index in [0.29, 0.717) is 36.4 Å². The maximum atomic E-state index is 13.7. The zero-order valence-corrected chi connectivity index (χ0v) is 27.2. The van der Waals surface area contributed by atoms with Crippen LogP contribution in [0.25, 0.3) is 0 Å². The van der Waals surface area contributed by atoms with Gasteiger partial charge in [0.1, 0.15) is 11.5 Å². The van der Waals surface area contributed by atoms with Crippen LogP contribution in [-0.4, -0.2) is 63.6 Å². The van der Waals surface area contributed by atoms with Crippen molar-refractivity contribution in [1.82, 2.24) is 10.6 Å². The van der Waals surface area contributed by atoms with Crippen molar-refractivity contribution in [2.45, 2.75) is 64.3 Å². The molecule has 3 aromatic carbocycles. The molecule has 1 saturated heterocycles. The van der Waals surface area contributed by atoms with Crippen LogP contribution in [0.5, 0.6) is 11.5 Å². The van der Waals surface area contributed by atoms with Crippen LogP contribution < -0.4 is 24.4 Å². The second-order valence-electron chi connectivity index (χ2n) is 11.2. The van der Waals surface area contributed by atoms with Crippen molar-refractivity contribution in [2.75, 3.05) is 23.1 Å². The first-order chi connectivity index (χ1) is 21.3. The fourth-order valence-electron chi connectivity index (χ4n) is 5.07. The first-order valence-corrected chi connectivity index (χ1v) is 16.4. The molecule has 4 rings (SSSR count). The van der Waals surface area contributed by atoms with Gasteiger partial charge in [-0.3, -0.25) is 18.2 Å². The van der Waals surface area contributed by atoms with E-state index in [-0.39, 0.29) is 48.7 Å². The van der Waals surface area contributed by atoms with E-state index >= 15 is 0 Å². The van der Waals surface area contributed by atoms with Gasteiger partial charge in [0.25, 0.3) is 5.91 Å². The first-order valence-electron chi connectivity index (χ1n) is 14.7. The predicted molar refractivity (Wildman–Crippen MR) is 176 cm³/mol. The zero-order valence-electron chi connectivity index (χ0n) is 25.6. The van der Waals surface area contributed by atoms with Crippen LogP contribution in [0.1, 0.15) is 48.2 Å². The van der Waals surface area contributed by atoms with Crippen LogP contribution in [0.4, 0.5) is 18.9 Å². The molecule has 0 spiro atoms. The van der Waals surface area contributed by atoms with Gasteiger partial charge in [0.15, 0.2) is 0 Å². The quantitative estimate of drug-likeness (QED) is 0.137. The Morgan fingerprint density at radius 3 is 2.37 bits per heavy atom. The van der Waals surface area contributed by atoms with Gasteiger partial charge in [0.05, 0.1) is 29.7 Å². The lowest BCUT2D eigenvalue weighted by molar-refractivity contribution is -0.274. The molecule has 0 unspecified atom stereocenters. The summed E-state index contributed by atoms with van der Waals surface area (Å²) in [6.07, 6.45) is -4.32. The van der Waals surface area contributed by atoms with Crippen LogP contribution in [-0.2, 0) is 13.0 Å². The molecule has 46 heavy (non-hydrogen) atoms. The van der Waals surface area contributed by atoms with Gasteiger partial charge < -0.3 is 25.2 Å². The molecule has 1 aliphatic heterocycles. The number of aliphatic hydroxyl groups is 1. The molecular weight excluding hydrogens is 647 g/mol. The number of carbonyl (C=O) groups is 1. The van der Waals surface area contributed by atoms with Gasteiger partial charge in [-0.25, -0.2) is 0 Å². The number of carbonyl (C=O) groups excluding carboxylic acids is 1. The number of aliphatic hydroxyl groups excluding tert-OH is 1. The summed E-state index contributed by atoms with van der Waals surface area (Å²) in [6, 6.07) is 19.0. The molecule has 5 N–H and O–H groups in total. The van der Waals surface area contributed by atoms with E-state index < -0.39 is 35.2 Å². The van der Waals surface area contributed by atoms with Crippen LogP contribution in [0.3, 0.4) is 0 Å². The summed E-state index contributed by atoms with van der Waals surface area (Å²) in [4.78, 5) is 13.7. The molecule has 0 saturated carbocycles. The summed E-state index contributed by atoms with van der Waals surface area (Å²) in [5.74, 6) is -0.199. The summed E-state index contributed by atoms with van der Waals surface area (Å²) in [7, 11) is -3.05. The Bertz CT molecular complexity index is 1420. The number of anilines is 1. The van der Waals surface area contributed by atoms with Crippen molar-refractivity contribution in [1.29, 1.82) is 0 Å². The van der Waals surface area contributed by atoms with E-state index in [4.69, 9.17) is 4.74 Å². The standard InChI is InChI=1S/C32H40F3N3O6S.ClH/c1-22(2)43-28-18-25(17-26(19-28)38-13-6-7-14-45(38,41)42)31(40)37-29(16-23-9-4-3-5-10-23)30(39)21-36-20-24-11-8-12-27(15-24)44-32(33,34)35;/h3-5,8-12,15,17-19,22,29-30,36,39,41-42H,6-7,13-14,16,20-21H2,1-2H3,(H,37,40);1H/t29-,30+;/m0./s1. The monoisotopic (exact) mass is 687 g/mol. The Morgan fingerprint density at radius 1 is 0.978 bits per heavy atom. The highest BCUT2D eigenvalue weighted by Crippen LogP contribution is 2.50. The highest BCUT2D eigenvalue weighted by atomic mass is 35.5. The smallest absolute Gasteiger partial charge is 0.491 e. The van der Waals surface area contributed by atoms with Gasteiger partial charge in [-0.1, -0.05) is 42.5 Å². The van der Waals surface area contributed by atoms with Crippen molar-refractivity contribution < 1.29 is 41.7 Å². The van der Waals surface area contributed by atoms with Crippen molar-refractivity contribution >= 4 is 34.8 Å². The second kappa shape index (κ2) is 16.6. The van der Waals surface area contributed by atoms with Crippen LogP contribution in [0.15, 0.2) is 72.8 Å². The van der Waals surface area contributed by atoms with E-state index in [1.807, 2.05) is 44.2 Å². The number of hydrogen-bond donors (Lipinski definition) is 5. The summed E-state index contributed by atoms with van der Waals surface area (Å²) < 4.78 is 70.7. The Hall–Kier alpha value is -3.20. The molecule has 9 nitrogen and oxygen atoms in total. The Kier molecular flexibility index (Phi) is 13.4. The van der Waals surface area contributed by atoms with E-state index in [9.17, 15) is 32.2 Å². The molecule has 1 fully saturated rings. The third-order valence-electron chi connectivity index (χ3n) is 7.09. The molecular formula is C32H41ClF3N3O6S. The van der Waals surface area contributed by atoms with E-state index in [1.165, 1.54) is 22.5 Å². The number of benzene rings is 3. The molecule has 254 valence electrons. The van der Waals surface area contributed by atoms with Crippen LogP contribution >= 0.6 is 23.2 Å². The molecule has 14 heteroatoms. The fraction of sp³-hybridized carbons (Fsp3) is 0.406.